The van der Waals surface area contributed by atoms with Crippen LogP contribution in [0.2, 0.25) is 0 Å². The van der Waals surface area contributed by atoms with E-state index in [9.17, 15) is 5.11 Å². The third kappa shape index (κ3) is 2.36. The van der Waals surface area contributed by atoms with Gasteiger partial charge in [0.25, 0.3) is 0 Å². The molecule has 0 saturated carbocycles. The van der Waals surface area contributed by atoms with Crippen LogP contribution in [0.1, 0.15) is 25.0 Å². The number of ether oxygens (including phenoxy) is 1. The first kappa shape index (κ1) is 11.4. The first-order valence-electron chi connectivity index (χ1n) is 5.76. The van der Waals surface area contributed by atoms with Gasteiger partial charge in [-0.2, -0.15) is 0 Å². The van der Waals surface area contributed by atoms with Crippen molar-refractivity contribution < 1.29 is 9.84 Å². The number of nitrogens with one attached hydrogen (secondary N) is 1. The van der Waals surface area contributed by atoms with E-state index in [4.69, 9.17) is 4.74 Å². The van der Waals surface area contributed by atoms with Crippen LogP contribution in [-0.2, 0) is 6.42 Å². The zero-order valence-electron chi connectivity index (χ0n) is 10.0. The molecule has 3 heteroatoms. The summed E-state index contributed by atoms with van der Waals surface area (Å²) in [4.78, 5) is 0. The molecule has 1 aliphatic rings. The molecule has 1 aromatic carbocycles. The van der Waals surface area contributed by atoms with Gasteiger partial charge in [-0.1, -0.05) is 31.5 Å². The summed E-state index contributed by atoms with van der Waals surface area (Å²) in [5.41, 5.74) is 2.39. The Labute approximate surface area is 96.4 Å². The Hall–Kier alpha value is -1.06. The van der Waals surface area contributed by atoms with Gasteiger partial charge in [-0.15, -0.1) is 0 Å². The number of hydrogen-bond donors (Lipinski definition) is 2. The van der Waals surface area contributed by atoms with Gasteiger partial charge in [0.05, 0.1) is 6.04 Å². The lowest BCUT2D eigenvalue weighted by molar-refractivity contribution is -0.0570. The van der Waals surface area contributed by atoms with E-state index in [1.54, 1.807) is 0 Å². The molecule has 0 fully saturated rings. The highest BCUT2D eigenvalue weighted by atomic mass is 16.6. The molecule has 2 atom stereocenters. The van der Waals surface area contributed by atoms with E-state index in [2.05, 4.69) is 32.2 Å². The lowest BCUT2D eigenvalue weighted by Gasteiger charge is -2.32. The molecule has 0 amide bonds. The van der Waals surface area contributed by atoms with E-state index in [0.717, 1.165) is 12.2 Å². The summed E-state index contributed by atoms with van der Waals surface area (Å²) in [6.07, 6.45) is 0.0636. The molecule has 16 heavy (non-hydrogen) atoms. The summed E-state index contributed by atoms with van der Waals surface area (Å²) in [6, 6.07) is 6.38. The molecule has 88 valence electrons. The van der Waals surface area contributed by atoms with Crippen molar-refractivity contribution in [3.8, 4) is 5.75 Å². The molecule has 0 aromatic heterocycles. The van der Waals surface area contributed by atoms with Crippen molar-refractivity contribution in [2.75, 3.05) is 0 Å². The molecule has 1 aromatic rings. The maximum Gasteiger partial charge on any atom is 0.213 e. The molecule has 0 aliphatic carbocycles. The largest absolute Gasteiger partial charge is 0.463 e. The molecular formula is C13H19NO2. The predicted octanol–water partition coefficient (Wildman–Crippen LogP) is 1.61. The molecule has 2 rings (SSSR count). The molecule has 0 saturated heterocycles. The second-order valence-corrected chi connectivity index (χ2v) is 4.75. The zero-order valence-corrected chi connectivity index (χ0v) is 10.0. The van der Waals surface area contributed by atoms with Crippen molar-refractivity contribution >= 4 is 0 Å². The summed E-state index contributed by atoms with van der Waals surface area (Å²) in [5, 5.41) is 13.2. The Balaban J connectivity index is 2.19. The molecule has 2 N–H and O–H groups in total. The summed E-state index contributed by atoms with van der Waals surface area (Å²) in [7, 11) is 0. The molecule has 0 spiro atoms. The van der Waals surface area contributed by atoms with Crippen LogP contribution in [-0.4, -0.2) is 23.5 Å². The van der Waals surface area contributed by atoms with Crippen LogP contribution < -0.4 is 10.1 Å². The number of aliphatic hydroxyl groups is 1. The van der Waals surface area contributed by atoms with Gasteiger partial charge in [-0.25, -0.2) is 0 Å². The highest BCUT2D eigenvalue weighted by Crippen LogP contribution is 2.27. The SMILES string of the molecule is Cc1ccc2c(c1)C[C@H](NC(C)C)[C@H](O)O2. The van der Waals surface area contributed by atoms with Crippen LogP contribution in [0, 0.1) is 6.92 Å². The van der Waals surface area contributed by atoms with Gasteiger partial charge in [0, 0.05) is 6.04 Å². The van der Waals surface area contributed by atoms with Gasteiger partial charge in [-0.05, 0) is 25.0 Å². The average molecular weight is 221 g/mol. The third-order valence-electron chi connectivity index (χ3n) is 2.80. The minimum atomic E-state index is -0.752. The molecule has 1 heterocycles. The lowest BCUT2D eigenvalue weighted by Crippen LogP contribution is -2.49. The Bertz CT molecular complexity index is 376. The van der Waals surface area contributed by atoms with Gasteiger partial charge in [0.2, 0.25) is 6.29 Å². The van der Waals surface area contributed by atoms with Crippen LogP contribution >= 0.6 is 0 Å². The summed E-state index contributed by atoms with van der Waals surface area (Å²) < 4.78 is 5.49. The number of rotatable bonds is 2. The van der Waals surface area contributed by atoms with Crippen LogP contribution in [0.3, 0.4) is 0 Å². The number of aliphatic hydroxyl groups excluding tert-OH is 1. The number of aryl methyl sites for hydroxylation is 1. The minimum Gasteiger partial charge on any atom is -0.463 e. The van der Waals surface area contributed by atoms with Gasteiger partial charge in [0.15, 0.2) is 0 Å². The van der Waals surface area contributed by atoms with E-state index >= 15 is 0 Å². The second kappa shape index (κ2) is 4.44. The highest BCUT2D eigenvalue weighted by Gasteiger charge is 2.28. The molecule has 0 bridgehead atoms. The Kier molecular flexibility index (Phi) is 3.17. The van der Waals surface area contributed by atoms with E-state index in [1.165, 1.54) is 11.1 Å². The maximum absolute atomic E-state index is 9.85. The maximum atomic E-state index is 9.85. The van der Waals surface area contributed by atoms with Crippen molar-refractivity contribution in [2.24, 2.45) is 0 Å². The van der Waals surface area contributed by atoms with Crippen LogP contribution in [0.25, 0.3) is 0 Å². The Morgan fingerprint density at radius 3 is 2.88 bits per heavy atom. The van der Waals surface area contributed by atoms with Crippen molar-refractivity contribution in [2.45, 2.75) is 45.6 Å². The summed E-state index contributed by atoms with van der Waals surface area (Å²) >= 11 is 0. The standard InChI is InChI=1S/C13H19NO2/c1-8(2)14-11-7-10-6-9(3)4-5-12(10)16-13(11)15/h4-6,8,11,13-15H,7H2,1-3H3/t11-,13+/m0/s1. The van der Waals surface area contributed by atoms with Crippen LogP contribution in [0.15, 0.2) is 18.2 Å². The third-order valence-corrected chi connectivity index (χ3v) is 2.80. The predicted molar refractivity (Wildman–Crippen MR) is 63.6 cm³/mol. The monoisotopic (exact) mass is 221 g/mol. The first-order chi connectivity index (χ1) is 7.56. The Morgan fingerprint density at radius 1 is 1.44 bits per heavy atom. The van der Waals surface area contributed by atoms with E-state index < -0.39 is 6.29 Å². The van der Waals surface area contributed by atoms with Gasteiger partial charge >= 0.3 is 0 Å². The van der Waals surface area contributed by atoms with Crippen LogP contribution in [0.4, 0.5) is 0 Å². The zero-order chi connectivity index (χ0) is 11.7. The first-order valence-corrected chi connectivity index (χ1v) is 5.76. The van der Waals surface area contributed by atoms with Gasteiger partial charge in [0.1, 0.15) is 5.75 Å². The highest BCUT2D eigenvalue weighted by molar-refractivity contribution is 5.39. The van der Waals surface area contributed by atoms with Gasteiger partial charge < -0.3 is 15.2 Å². The number of fused-ring (bicyclic) bond motifs is 1. The quantitative estimate of drug-likeness (QED) is 0.797. The number of hydrogen-bond acceptors (Lipinski definition) is 3. The summed E-state index contributed by atoms with van der Waals surface area (Å²) in [5.74, 6) is 0.805. The topological polar surface area (TPSA) is 41.5 Å². The molecule has 1 aliphatic heterocycles. The summed E-state index contributed by atoms with van der Waals surface area (Å²) in [6.45, 7) is 6.20. The minimum absolute atomic E-state index is 0.0192. The van der Waals surface area contributed by atoms with Crippen LogP contribution in [0.5, 0.6) is 5.75 Å². The average Bonchev–Trinajstić information content (AvgIpc) is 2.19. The van der Waals surface area contributed by atoms with Crippen molar-refractivity contribution in [1.82, 2.24) is 5.32 Å². The van der Waals surface area contributed by atoms with E-state index in [1.807, 2.05) is 12.1 Å². The van der Waals surface area contributed by atoms with E-state index in [0.29, 0.717) is 6.04 Å². The fourth-order valence-corrected chi connectivity index (χ4v) is 2.10. The molecule has 0 unspecified atom stereocenters. The normalized spacial score (nSPS) is 24.1. The fourth-order valence-electron chi connectivity index (χ4n) is 2.10. The number of benzene rings is 1. The molecule has 0 radical (unpaired) electrons. The lowest BCUT2D eigenvalue weighted by atomic mass is 9.99. The Morgan fingerprint density at radius 2 is 2.19 bits per heavy atom. The molecule has 3 nitrogen and oxygen atoms in total. The van der Waals surface area contributed by atoms with E-state index in [-0.39, 0.29) is 6.04 Å². The van der Waals surface area contributed by atoms with Crippen molar-refractivity contribution in [3.05, 3.63) is 29.3 Å². The fraction of sp³-hybridized carbons (Fsp3) is 0.538. The van der Waals surface area contributed by atoms with Gasteiger partial charge in [-0.3, -0.25) is 0 Å². The second-order valence-electron chi connectivity index (χ2n) is 4.75. The van der Waals surface area contributed by atoms with Crippen molar-refractivity contribution in [3.63, 3.8) is 0 Å². The van der Waals surface area contributed by atoms with Crippen molar-refractivity contribution in [1.29, 1.82) is 0 Å². The smallest absolute Gasteiger partial charge is 0.213 e. The molecular weight excluding hydrogens is 202 g/mol.